The van der Waals surface area contributed by atoms with Gasteiger partial charge in [-0.05, 0) is 23.7 Å². The molecular weight excluding hydrogens is 260 g/mol. The fraction of sp³-hybridized carbons (Fsp3) is 0.100. The Morgan fingerprint density at radius 1 is 1.41 bits per heavy atom. The van der Waals surface area contributed by atoms with E-state index in [1.165, 1.54) is 11.8 Å². The minimum atomic E-state index is 0.212. The van der Waals surface area contributed by atoms with Crippen molar-refractivity contribution in [2.45, 2.75) is 10.8 Å². The summed E-state index contributed by atoms with van der Waals surface area (Å²) in [7, 11) is 0. The zero-order chi connectivity index (χ0) is 11.7. The van der Waals surface area contributed by atoms with E-state index in [2.05, 4.69) is 20.2 Å². The van der Waals surface area contributed by atoms with Gasteiger partial charge in [-0.15, -0.1) is 0 Å². The highest BCUT2D eigenvalue weighted by Gasteiger charge is 2.09. The van der Waals surface area contributed by atoms with Crippen molar-refractivity contribution < 1.29 is 4.42 Å². The van der Waals surface area contributed by atoms with Gasteiger partial charge in [0, 0.05) is 0 Å². The predicted octanol–water partition coefficient (Wildman–Crippen LogP) is 2.89. The van der Waals surface area contributed by atoms with Crippen LogP contribution in [0.25, 0.3) is 11.0 Å². The number of halogens is 1. The summed E-state index contributed by atoms with van der Waals surface area (Å²) in [4.78, 5) is 8.23. The summed E-state index contributed by atoms with van der Waals surface area (Å²) in [6.45, 7) is 0. The number of nitrogens with one attached hydrogen (secondary N) is 1. The van der Waals surface area contributed by atoms with Gasteiger partial charge in [0.1, 0.15) is 10.8 Å². The van der Waals surface area contributed by atoms with Crippen LogP contribution in [0.15, 0.2) is 34.0 Å². The maximum Gasteiger partial charge on any atom is 0.225 e. The fourth-order valence-electron chi connectivity index (χ4n) is 1.43. The van der Waals surface area contributed by atoms with Crippen molar-refractivity contribution in [3.8, 4) is 0 Å². The average Bonchev–Trinajstić information content (AvgIpc) is 2.95. The summed E-state index contributed by atoms with van der Waals surface area (Å²) in [5.74, 6) is 1.59. The molecule has 0 fully saturated rings. The molecule has 0 bridgehead atoms. The lowest BCUT2D eigenvalue weighted by atomic mass is 10.4. The lowest BCUT2D eigenvalue weighted by molar-refractivity contribution is 0.530. The first-order valence-electron chi connectivity index (χ1n) is 4.85. The second-order valence-corrected chi connectivity index (χ2v) is 4.60. The third kappa shape index (κ3) is 2.13. The second-order valence-electron chi connectivity index (χ2n) is 3.30. The number of nitrogens with zero attached hydrogens (tertiary/aromatic N) is 3. The van der Waals surface area contributed by atoms with Gasteiger partial charge in [0.15, 0.2) is 5.65 Å². The Bertz CT molecular complexity index is 637. The SMILES string of the molecule is Clc1nc(SCc2ccco2)c2cn[nH]c2n1. The van der Waals surface area contributed by atoms with Gasteiger partial charge in [0.25, 0.3) is 0 Å². The summed E-state index contributed by atoms with van der Waals surface area (Å²) in [5, 5.41) is 8.57. The number of rotatable bonds is 3. The molecule has 0 aliphatic carbocycles. The molecule has 86 valence electrons. The van der Waals surface area contributed by atoms with Gasteiger partial charge in [-0.25, -0.2) is 4.98 Å². The molecule has 3 aromatic rings. The molecule has 3 aromatic heterocycles. The molecule has 5 nitrogen and oxygen atoms in total. The molecule has 17 heavy (non-hydrogen) atoms. The number of H-pyrrole nitrogens is 1. The molecule has 0 aromatic carbocycles. The van der Waals surface area contributed by atoms with Crippen LogP contribution < -0.4 is 0 Å². The van der Waals surface area contributed by atoms with Gasteiger partial charge in [-0.1, -0.05) is 11.8 Å². The quantitative estimate of drug-likeness (QED) is 0.448. The molecule has 7 heteroatoms. The molecule has 0 atom stereocenters. The van der Waals surface area contributed by atoms with E-state index in [0.717, 1.165) is 16.2 Å². The van der Waals surface area contributed by atoms with E-state index < -0.39 is 0 Å². The molecule has 0 aliphatic heterocycles. The Morgan fingerprint density at radius 2 is 2.35 bits per heavy atom. The Hall–Kier alpha value is -1.53. The first kappa shape index (κ1) is 10.6. The van der Waals surface area contributed by atoms with Crippen LogP contribution in [0.4, 0.5) is 0 Å². The Morgan fingerprint density at radius 3 is 3.18 bits per heavy atom. The van der Waals surface area contributed by atoms with E-state index >= 15 is 0 Å². The summed E-state index contributed by atoms with van der Waals surface area (Å²) in [6.07, 6.45) is 3.34. The van der Waals surface area contributed by atoms with E-state index in [1.54, 1.807) is 12.5 Å². The van der Waals surface area contributed by atoms with E-state index in [9.17, 15) is 0 Å². The zero-order valence-corrected chi connectivity index (χ0v) is 10.1. The van der Waals surface area contributed by atoms with Crippen molar-refractivity contribution >= 4 is 34.4 Å². The highest BCUT2D eigenvalue weighted by molar-refractivity contribution is 7.98. The third-order valence-corrected chi connectivity index (χ3v) is 3.36. The summed E-state index contributed by atoms with van der Waals surface area (Å²) in [5.41, 5.74) is 0.645. The highest BCUT2D eigenvalue weighted by atomic mass is 35.5. The number of aromatic amines is 1. The van der Waals surface area contributed by atoms with Crippen LogP contribution in [0.5, 0.6) is 0 Å². The molecule has 0 saturated heterocycles. The molecule has 0 unspecified atom stereocenters. The predicted molar refractivity (Wildman–Crippen MR) is 65.0 cm³/mol. The summed E-state index contributed by atoms with van der Waals surface area (Å²) < 4.78 is 5.26. The van der Waals surface area contributed by atoms with Gasteiger partial charge in [-0.2, -0.15) is 10.1 Å². The minimum Gasteiger partial charge on any atom is -0.468 e. The third-order valence-electron chi connectivity index (χ3n) is 2.18. The lowest BCUT2D eigenvalue weighted by Crippen LogP contribution is -1.88. The number of furan rings is 1. The Balaban J connectivity index is 1.91. The molecule has 0 saturated carbocycles. The normalized spacial score (nSPS) is 11.1. The van der Waals surface area contributed by atoms with Crippen molar-refractivity contribution in [2.75, 3.05) is 0 Å². The fourth-order valence-corrected chi connectivity index (χ4v) is 2.54. The van der Waals surface area contributed by atoms with Crippen LogP contribution in [0.3, 0.4) is 0 Å². The second kappa shape index (κ2) is 4.38. The first-order chi connectivity index (χ1) is 8.33. The van der Waals surface area contributed by atoms with Crippen molar-refractivity contribution in [3.63, 3.8) is 0 Å². The van der Waals surface area contributed by atoms with Crippen LogP contribution in [0, 0.1) is 0 Å². The minimum absolute atomic E-state index is 0.212. The summed E-state index contributed by atoms with van der Waals surface area (Å²) >= 11 is 7.37. The molecule has 0 aliphatic rings. The zero-order valence-electron chi connectivity index (χ0n) is 8.55. The van der Waals surface area contributed by atoms with Crippen LogP contribution in [-0.4, -0.2) is 20.2 Å². The van der Waals surface area contributed by atoms with Crippen molar-refractivity contribution in [3.05, 3.63) is 35.6 Å². The van der Waals surface area contributed by atoms with Crippen LogP contribution in [-0.2, 0) is 5.75 Å². The molecule has 0 radical (unpaired) electrons. The van der Waals surface area contributed by atoms with Gasteiger partial charge in [-0.3, -0.25) is 5.10 Å². The standard InChI is InChI=1S/C10H7ClN4OS/c11-10-13-8-7(4-12-15-8)9(14-10)17-5-6-2-1-3-16-6/h1-4H,5H2,(H,12,13,14,15). The van der Waals surface area contributed by atoms with Crippen molar-refractivity contribution in [1.29, 1.82) is 0 Å². The average molecular weight is 267 g/mol. The summed E-state index contributed by atoms with van der Waals surface area (Å²) in [6, 6.07) is 3.78. The molecule has 1 N–H and O–H groups in total. The molecular formula is C10H7ClN4OS. The number of hydrogen-bond acceptors (Lipinski definition) is 5. The number of aromatic nitrogens is 4. The molecule has 3 rings (SSSR count). The Labute approximate surface area is 106 Å². The van der Waals surface area contributed by atoms with Crippen LogP contribution in [0.2, 0.25) is 5.28 Å². The molecule has 3 heterocycles. The largest absolute Gasteiger partial charge is 0.468 e. The molecule has 0 spiro atoms. The van der Waals surface area contributed by atoms with Crippen LogP contribution in [0.1, 0.15) is 5.76 Å². The van der Waals surface area contributed by atoms with Gasteiger partial charge in [0.05, 0.1) is 23.6 Å². The Kier molecular flexibility index (Phi) is 2.74. The van der Waals surface area contributed by atoms with Crippen molar-refractivity contribution in [1.82, 2.24) is 20.2 Å². The highest BCUT2D eigenvalue weighted by Crippen LogP contribution is 2.28. The topological polar surface area (TPSA) is 67.6 Å². The first-order valence-corrected chi connectivity index (χ1v) is 6.21. The number of thioether (sulfide) groups is 1. The van der Waals surface area contributed by atoms with Gasteiger partial charge < -0.3 is 4.42 Å². The number of fused-ring (bicyclic) bond motifs is 1. The molecule has 0 amide bonds. The number of hydrogen-bond donors (Lipinski definition) is 1. The van der Waals surface area contributed by atoms with Gasteiger partial charge in [0.2, 0.25) is 5.28 Å². The smallest absolute Gasteiger partial charge is 0.225 e. The van der Waals surface area contributed by atoms with E-state index in [1.807, 2.05) is 12.1 Å². The maximum absolute atomic E-state index is 5.83. The maximum atomic E-state index is 5.83. The van der Waals surface area contributed by atoms with E-state index in [4.69, 9.17) is 16.0 Å². The van der Waals surface area contributed by atoms with E-state index in [-0.39, 0.29) is 5.28 Å². The van der Waals surface area contributed by atoms with Gasteiger partial charge >= 0.3 is 0 Å². The lowest BCUT2D eigenvalue weighted by Gasteiger charge is -2.00. The van der Waals surface area contributed by atoms with E-state index in [0.29, 0.717) is 11.4 Å². The monoisotopic (exact) mass is 266 g/mol. The van der Waals surface area contributed by atoms with Crippen LogP contribution >= 0.6 is 23.4 Å². The van der Waals surface area contributed by atoms with Crippen molar-refractivity contribution in [2.24, 2.45) is 0 Å².